The van der Waals surface area contributed by atoms with Crippen LogP contribution in [-0.2, 0) is 0 Å². The molecular formula is C16H14INOS. The summed E-state index contributed by atoms with van der Waals surface area (Å²) in [4.78, 5) is 4.46. The van der Waals surface area contributed by atoms with Crippen molar-refractivity contribution < 1.29 is 4.74 Å². The van der Waals surface area contributed by atoms with Crippen molar-refractivity contribution in [3.63, 3.8) is 0 Å². The lowest BCUT2D eigenvalue weighted by molar-refractivity contribution is 0.240. The molecule has 0 unspecified atom stereocenters. The normalized spacial score (nSPS) is 15.2. The van der Waals surface area contributed by atoms with Crippen molar-refractivity contribution in [1.29, 1.82) is 0 Å². The molecule has 2 nitrogen and oxygen atoms in total. The molecule has 1 heterocycles. The lowest BCUT2D eigenvalue weighted by atomic mass is 10.2. The fraction of sp³-hybridized carbons (Fsp3) is 0.188. The third kappa shape index (κ3) is 3.76. The van der Waals surface area contributed by atoms with E-state index < -0.39 is 0 Å². The molecule has 0 aliphatic carbocycles. The van der Waals surface area contributed by atoms with Gasteiger partial charge in [0.1, 0.15) is 11.9 Å². The van der Waals surface area contributed by atoms with Crippen molar-refractivity contribution >= 4 is 46.3 Å². The zero-order valence-corrected chi connectivity index (χ0v) is 13.8. The zero-order chi connectivity index (χ0) is 13.8. The quantitative estimate of drug-likeness (QED) is 0.560. The Hall–Kier alpha value is -1.01. The molecule has 0 spiro atoms. The molecule has 1 saturated heterocycles. The highest BCUT2D eigenvalue weighted by Gasteiger charge is 2.19. The van der Waals surface area contributed by atoms with Crippen LogP contribution in [0.2, 0.25) is 0 Å². The van der Waals surface area contributed by atoms with Crippen LogP contribution in [0.5, 0.6) is 5.75 Å². The number of hydrogen-bond donors (Lipinski definition) is 0. The summed E-state index contributed by atoms with van der Waals surface area (Å²) in [5.74, 6) is 3.16. The molecule has 1 fully saturated rings. The van der Waals surface area contributed by atoms with Gasteiger partial charge in [0.2, 0.25) is 0 Å². The zero-order valence-electron chi connectivity index (χ0n) is 10.8. The van der Waals surface area contributed by atoms with E-state index in [4.69, 9.17) is 4.74 Å². The summed E-state index contributed by atoms with van der Waals surface area (Å²) in [5.41, 5.74) is 2.05. The van der Waals surface area contributed by atoms with Crippen LogP contribution in [0.15, 0.2) is 53.5 Å². The Morgan fingerprint density at radius 2 is 1.75 bits per heavy atom. The minimum absolute atomic E-state index is 0.395. The highest BCUT2D eigenvalue weighted by atomic mass is 127. The van der Waals surface area contributed by atoms with E-state index in [1.165, 1.54) is 3.57 Å². The largest absolute Gasteiger partial charge is 0.489 e. The van der Waals surface area contributed by atoms with E-state index in [2.05, 4.69) is 39.7 Å². The van der Waals surface area contributed by atoms with Gasteiger partial charge >= 0.3 is 0 Å². The number of nitrogens with zero attached hydrogens (tertiary/aromatic N) is 1. The van der Waals surface area contributed by atoms with Crippen molar-refractivity contribution in [2.24, 2.45) is 4.99 Å². The van der Waals surface area contributed by atoms with Gasteiger partial charge in [-0.15, -0.1) is 0 Å². The Bertz CT molecular complexity index is 591. The van der Waals surface area contributed by atoms with Crippen molar-refractivity contribution in [1.82, 2.24) is 0 Å². The first-order chi connectivity index (χ1) is 9.79. The Balaban J connectivity index is 1.63. The molecule has 0 N–H and O–H groups in total. The molecule has 2 aromatic rings. The highest BCUT2D eigenvalue weighted by molar-refractivity contribution is 14.1. The van der Waals surface area contributed by atoms with Crippen LogP contribution < -0.4 is 4.74 Å². The van der Waals surface area contributed by atoms with Gasteiger partial charge in [0.05, 0.1) is 5.69 Å². The van der Waals surface area contributed by atoms with Gasteiger partial charge in [-0.25, -0.2) is 0 Å². The van der Waals surface area contributed by atoms with E-state index in [-0.39, 0.29) is 0 Å². The minimum Gasteiger partial charge on any atom is -0.489 e. The second-order valence-electron chi connectivity index (χ2n) is 4.58. The molecule has 0 amide bonds. The summed E-state index contributed by atoms with van der Waals surface area (Å²) in [6.45, 7) is 0. The predicted molar refractivity (Wildman–Crippen MR) is 94.6 cm³/mol. The molecule has 102 valence electrons. The number of hydrogen-bond acceptors (Lipinski definition) is 3. The number of halogens is 1. The van der Waals surface area contributed by atoms with Crippen LogP contribution in [0.25, 0.3) is 0 Å². The van der Waals surface area contributed by atoms with E-state index >= 15 is 0 Å². The molecule has 0 radical (unpaired) electrons. The summed E-state index contributed by atoms with van der Waals surface area (Å²) in [6, 6.07) is 16.3. The van der Waals surface area contributed by atoms with Gasteiger partial charge in [-0.3, -0.25) is 4.99 Å². The maximum absolute atomic E-state index is 5.82. The molecule has 3 rings (SSSR count). The number of thioether (sulfide) groups is 1. The lowest BCUT2D eigenvalue weighted by Crippen LogP contribution is -2.30. The van der Waals surface area contributed by atoms with Gasteiger partial charge in [0.25, 0.3) is 0 Å². The van der Waals surface area contributed by atoms with Gasteiger partial charge in [-0.05, 0) is 76.7 Å². The van der Waals surface area contributed by atoms with Crippen LogP contribution in [0.1, 0.15) is 5.56 Å². The highest BCUT2D eigenvalue weighted by Crippen LogP contribution is 2.24. The average molecular weight is 395 g/mol. The monoisotopic (exact) mass is 395 g/mol. The maximum atomic E-state index is 5.82. The van der Waals surface area contributed by atoms with Crippen LogP contribution in [0.3, 0.4) is 0 Å². The van der Waals surface area contributed by atoms with Crippen molar-refractivity contribution in [3.05, 3.63) is 57.7 Å². The van der Waals surface area contributed by atoms with Crippen molar-refractivity contribution in [2.75, 3.05) is 11.5 Å². The molecule has 0 atom stereocenters. The number of ether oxygens (including phenoxy) is 1. The smallest absolute Gasteiger partial charge is 0.119 e. The Morgan fingerprint density at radius 1 is 1.05 bits per heavy atom. The van der Waals surface area contributed by atoms with Crippen LogP contribution in [-0.4, -0.2) is 23.8 Å². The standard InChI is InChI=1S/C16H14INOS/c17-13-3-5-14(6-4-13)18-9-12-1-7-15(8-2-12)19-16-10-20-11-16/h1-9,16H,10-11H2. The van der Waals surface area contributed by atoms with E-state index in [0.717, 1.165) is 28.5 Å². The fourth-order valence-corrected chi connectivity index (χ4v) is 2.71. The summed E-state index contributed by atoms with van der Waals surface area (Å²) >= 11 is 4.22. The van der Waals surface area contributed by atoms with Gasteiger partial charge in [-0.2, -0.15) is 11.8 Å². The molecular weight excluding hydrogens is 381 g/mol. The summed E-state index contributed by atoms with van der Waals surface area (Å²) in [6.07, 6.45) is 2.27. The molecule has 0 aromatic heterocycles. The number of rotatable bonds is 4. The maximum Gasteiger partial charge on any atom is 0.119 e. The third-order valence-electron chi connectivity index (χ3n) is 2.98. The van der Waals surface area contributed by atoms with Crippen molar-refractivity contribution in [3.8, 4) is 5.75 Å². The SMILES string of the molecule is Ic1ccc(N=Cc2ccc(OC3CSC3)cc2)cc1. The average Bonchev–Trinajstić information content (AvgIpc) is 2.44. The molecule has 2 aromatic carbocycles. The Morgan fingerprint density at radius 3 is 2.35 bits per heavy atom. The molecule has 0 saturated carbocycles. The molecule has 4 heteroatoms. The third-order valence-corrected chi connectivity index (χ3v) is 4.91. The molecule has 0 bridgehead atoms. The lowest BCUT2D eigenvalue weighted by Gasteiger charge is -2.25. The van der Waals surface area contributed by atoms with E-state index in [1.807, 2.05) is 54.4 Å². The van der Waals surface area contributed by atoms with Gasteiger partial charge in [0.15, 0.2) is 0 Å². The first kappa shape index (κ1) is 13.9. The molecule has 20 heavy (non-hydrogen) atoms. The summed E-state index contributed by atoms with van der Waals surface area (Å²) in [7, 11) is 0. The molecule has 1 aliphatic rings. The van der Waals surface area contributed by atoms with Crippen LogP contribution in [0.4, 0.5) is 5.69 Å². The minimum atomic E-state index is 0.395. The first-order valence-corrected chi connectivity index (χ1v) is 8.67. The summed E-state index contributed by atoms with van der Waals surface area (Å²) in [5, 5.41) is 0. The Kier molecular flexibility index (Phi) is 4.62. The topological polar surface area (TPSA) is 21.6 Å². The second kappa shape index (κ2) is 6.63. The van der Waals surface area contributed by atoms with E-state index in [9.17, 15) is 0 Å². The fourth-order valence-electron chi connectivity index (χ4n) is 1.78. The Labute approximate surface area is 136 Å². The van der Waals surface area contributed by atoms with Gasteiger partial charge in [-0.1, -0.05) is 0 Å². The van der Waals surface area contributed by atoms with Gasteiger partial charge in [0, 0.05) is 21.3 Å². The van der Waals surface area contributed by atoms with E-state index in [0.29, 0.717) is 6.10 Å². The van der Waals surface area contributed by atoms with Crippen LogP contribution >= 0.6 is 34.4 Å². The molecule has 1 aliphatic heterocycles. The van der Waals surface area contributed by atoms with E-state index in [1.54, 1.807) is 0 Å². The number of aliphatic imine (C=N–C) groups is 1. The van der Waals surface area contributed by atoms with Crippen LogP contribution in [0, 0.1) is 3.57 Å². The first-order valence-electron chi connectivity index (χ1n) is 6.44. The number of benzene rings is 2. The second-order valence-corrected chi connectivity index (χ2v) is 6.90. The summed E-state index contributed by atoms with van der Waals surface area (Å²) < 4.78 is 7.03. The van der Waals surface area contributed by atoms with Crippen molar-refractivity contribution in [2.45, 2.75) is 6.10 Å². The predicted octanol–water partition coefficient (Wildman–Crippen LogP) is 4.54. The van der Waals surface area contributed by atoms with Gasteiger partial charge < -0.3 is 4.74 Å².